The summed E-state index contributed by atoms with van der Waals surface area (Å²) in [6.07, 6.45) is -0.0433. The van der Waals surface area contributed by atoms with Gasteiger partial charge < -0.3 is 10.2 Å². The fraction of sp³-hybridized carbons (Fsp3) is 0.200. The smallest absolute Gasteiger partial charge is 0.231 e. The molecule has 2 aromatic carbocycles. The van der Waals surface area contributed by atoms with Gasteiger partial charge in [-0.2, -0.15) is 0 Å². The van der Waals surface area contributed by atoms with Gasteiger partial charge in [-0.3, -0.25) is 9.59 Å². The number of anilines is 2. The normalized spacial score (nSPS) is 16.1. The van der Waals surface area contributed by atoms with E-state index in [1.807, 2.05) is 30.3 Å². The van der Waals surface area contributed by atoms with Crippen LogP contribution < -0.4 is 10.2 Å². The monoisotopic (exact) mass is 446 g/mol. The number of halogens is 2. The maximum atomic E-state index is 13.5. The van der Waals surface area contributed by atoms with E-state index in [0.29, 0.717) is 9.47 Å². The Balaban J connectivity index is 1.35. The molecule has 1 aromatic heterocycles. The van der Waals surface area contributed by atoms with Crippen LogP contribution in [-0.2, 0) is 15.3 Å². The second-order valence-electron chi connectivity index (χ2n) is 6.67. The highest BCUT2D eigenvalue weighted by Gasteiger charge is 2.35. The summed E-state index contributed by atoms with van der Waals surface area (Å²) in [5.41, 5.74) is 1.25. The first-order chi connectivity index (χ1) is 14.5. The first kappa shape index (κ1) is 20.4. The molecule has 4 rings (SSSR count). The van der Waals surface area contributed by atoms with Gasteiger partial charge in [0.05, 0.1) is 5.92 Å². The molecule has 30 heavy (non-hydrogen) atoms. The van der Waals surface area contributed by atoms with E-state index < -0.39 is 17.6 Å². The predicted molar refractivity (Wildman–Crippen MR) is 111 cm³/mol. The summed E-state index contributed by atoms with van der Waals surface area (Å²) >= 11 is 2.77. The van der Waals surface area contributed by atoms with E-state index in [4.69, 9.17) is 0 Å². The number of nitrogens with zero attached hydrogens (tertiary/aromatic N) is 3. The van der Waals surface area contributed by atoms with Crippen LogP contribution in [0.1, 0.15) is 12.0 Å². The Bertz CT molecular complexity index is 1060. The van der Waals surface area contributed by atoms with E-state index in [1.165, 1.54) is 28.0 Å². The fourth-order valence-corrected chi connectivity index (χ4v) is 4.78. The maximum Gasteiger partial charge on any atom is 0.231 e. The Labute approximate surface area is 179 Å². The van der Waals surface area contributed by atoms with Crippen LogP contribution in [0.5, 0.6) is 0 Å². The third-order valence-corrected chi connectivity index (χ3v) is 6.54. The van der Waals surface area contributed by atoms with E-state index >= 15 is 0 Å². The number of thioether (sulfide) groups is 1. The van der Waals surface area contributed by atoms with Gasteiger partial charge in [0.1, 0.15) is 11.6 Å². The van der Waals surface area contributed by atoms with Crippen molar-refractivity contribution in [3.8, 4) is 0 Å². The van der Waals surface area contributed by atoms with Gasteiger partial charge in [-0.1, -0.05) is 53.4 Å². The molecule has 0 spiro atoms. The van der Waals surface area contributed by atoms with Crippen molar-refractivity contribution in [2.75, 3.05) is 16.8 Å². The molecule has 1 aliphatic heterocycles. The summed E-state index contributed by atoms with van der Waals surface area (Å²) in [5.74, 6) is -2.21. The molecule has 0 aliphatic carbocycles. The summed E-state index contributed by atoms with van der Waals surface area (Å²) in [6.45, 7) is 0.0436. The Hall–Kier alpha value is -2.85. The lowest BCUT2D eigenvalue weighted by Crippen LogP contribution is -2.28. The van der Waals surface area contributed by atoms with Gasteiger partial charge >= 0.3 is 0 Å². The number of carbonyl (C=O) groups is 2. The quantitative estimate of drug-likeness (QED) is 0.456. The molecule has 2 heterocycles. The van der Waals surface area contributed by atoms with E-state index in [9.17, 15) is 18.4 Å². The average molecular weight is 447 g/mol. The van der Waals surface area contributed by atoms with Crippen LogP contribution in [-0.4, -0.2) is 28.6 Å². The van der Waals surface area contributed by atoms with Crippen LogP contribution >= 0.6 is 23.1 Å². The molecule has 0 bridgehead atoms. The van der Waals surface area contributed by atoms with Gasteiger partial charge in [0.25, 0.3) is 0 Å². The van der Waals surface area contributed by atoms with Crippen LogP contribution in [0.4, 0.5) is 19.6 Å². The highest BCUT2D eigenvalue weighted by Crippen LogP contribution is 2.30. The van der Waals surface area contributed by atoms with Gasteiger partial charge in [-0.05, 0) is 17.7 Å². The highest BCUT2D eigenvalue weighted by molar-refractivity contribution is 8.00. The molecule has 0 radical (unpaired) electrons. The van der Waals surface area contributed by atoms with Crippen LogP contribution in [0, 0.1) is 17.6 Å². The number of amides is 2. The maximum absolute atomic E-state index is 13.5. The Morgan fingerprint density at radius 1 is 1.17 bits per heavy atom. The van der Waals surface area contributed by atoms with Crippen molar-refractivity contribution in [2.24, 2.45) is 5.92 Å². The molecule has 1 saturated heterocycles. The molecule has 1 N–H and O–H groups in total. The van der Waals surface area contributed by atoms with E-state index in [-0.39, 0.29) is 30.5 Å². The molecule has 6 nitrogen and oxygen atoms in total. The average Bonchev–Trinajstić information content (AvgIpc) is 3.33. The zero-order valence-electron chi connectivity index (χ0n) is 15.5. The molecule has 154 valence electrons. The lowest BCUT2D eigenvalue weighted by Gasteiger charge is -2.16. The Morgan fingerprint density at radius 2 is 1.90 bits per heavy atom. The Morgan fingerprint density at radius 3 is 2.63 bits per heavy atom. The van der Waals surface area contributed by atoms with E-state index in [2.05, 4.69) is 15.5 Å². The number of carbonyl (C=O) groups excluding carboxylic acids is 2. The third kappa shape index (κ3) is 4.82. The van der Waals surface area contributed by atoms with Crippen LogP contribution in [0.15, 0.2) is 52.9 Å². The summed E-state index contributed by atoms with van der Waals surface area (Å²) < 4.78 is 27.6. The van der Waals surface area contributed by atoms with Crippen molar-refractivity contribution in [1.29, 1.82) is 0 Å². The van der Waals surface area contributed by atoms with Gasteiger partial charge in [0, 0.05) is 30.5 Å². The molecule has 2 amide bonds. The molecule has 3 aromatic rings. The van der Waals surface area contributed by atoms with Crippen molar-refractivity contribution >= 4 is 45.7 Å². The number of hydrogen-bond acceptors (Lipinski definition) is 6. The SMILES string of the molecule is O=C(Nc1nnc(SCc2ccccc2)s1)C1CC(=O)N(c2cc(F)cc(F)c2)C1. The Kier molecular flexibility index (Phi) is 6.05. The largest absolute Gasteiger partial charge is 0.311 e. The summed E-state index contributed by atoms with van der Waals surface area (Å²) in [4.78, 5) is 26.0. The zero-order chi connectivity index (χ0) is 21.1. The first-order valence-electron chi connectivity index (χ1n) is 9.05. The minimum Gasteiger partial charge on any atom is -0.311 e. The van der Waals surface area contributed by atoms with Gasteiger partial charge in [-0.25, -0.2) is 8.78 Å². The van der Waals surface area contributed by atoms with Crippen molar-refractivity contribution in [1.82, 2.24) is 10.2 Å². The molecular weight excluding hydrogens is 430 g/mol. The fourth-order valence-electron chi connectivity index (χ4n) is 3.07. The number of nitrogens with one attached hydrogen (secondary N) is 1. The summed E-state index contributed by atoms with van der Waals surface area (Å²) in [7, 11) is 0. The van der Waals surface area contributed by atoms with Gasteiger partial charge in [-0.15, -0.1) is 10.2 Å². The van der Waals surface area contributed by atoms with Gasteiger partial charge in [0.15, 0.2) is 4.34 Å². The zero-order valence-corrected chi connectivity index (χ0v) is 17.2. The molecular formula is C20H16F2N4O2S2. The van der Waals surface area contributed by atoms with Crippen molar-refractivity contribution < 1.29 is 18.4 Å². The topological polar surface area (TPSA) is 75.2 Å². The van der Waals surface area contributed by atoms with Crippen LogP contribution in [0.25, 0.3) is 0 Å². The molecule has 1 unspecified atom stereocenters. The lowest BCUT2D eigenvalue weighted by atomic mass is 10.1. The number of rotatable bonds is 6. The molecule has 1 fully saturated rings. The number of aromatic nitrogens is 2. The van der Waals surface area contributed by atoms with E-state index in [0.717, 1.165) is 29.5 Å². The van der Waals surface area contributed by atoms with Crippen LogP contribution in [0.3, 0.4) is 0 Å². The summed E-state index contributed by atoms with van der Waals surface area (Å²) in [5, 5.41) is 11.1. The van der Waals surface area contributed by atoms with Crippen molar-refractivity contribution in [2.45, 2.75) is 16.5 Å². The second kappa shape index (κ2) is 8.88. The minimum absolute atomic E-state index is 0.0433. The number of hydrogen-bond donors (Lipinski definition) is 1. The summed E-state index contributed by atoms with van der Waals surface area (Å²) in [6, 6.07) is 12.8. The first-order valence-corrected chi connectivity index (χ1v) is 10.9. The molecule has 0 saturated carbocycles. The van der Waals surface area contributed by atoms with Crippen molar-refractivity contribution in [3.05, 3.63) is 65.7 Å². The molecule has 1 aliphatic rings. The molecule has 10 heteroatoms. The second-order valence-corrected chi connectivity index (χ2v) is 8.87. The highest BCUT2D eigenvalue weighted by atomic mass is 32.2. The number of benzene rings is 2. The standard InChI is InChI=1S/C20H16F2N4O2S2/c21-14-7-15(22)9-16(8-14)26-10-13(6-17(26)27)18(28)23-19-24-25-20(30-19)29-11-12-4-2-1-3-5-12/h1-5,7-9,13H,6,10-11H2,(H,23,24,28). The van der Waals surface area contributed by atoms with E-state index in [1.54, 1.807) is 0 Å². The predicted octanol–water partition coefficient (Wildman–Crippen LogP) is 4.10. The lowest BCUT2D eigenvalue weighted by molar-refractivity contribution is -0.122. The molecule has 1 atom stereocenters. The van der Waals surface area contributed by atoms with Gasteiger partial charge in [0.2, 0.25) is 16.9 Å². The third-order valence-electron chi connectivity index (χ3n) is 4.50. The minimum atomic E-state index is -0.778. The van der Waals surface area contributed by atoms with Crippen LogP contribution in [0.2, 0.25) is 0 Å². The van der Waals surface area contributed by atoms with Crippen molar-refractivity contribution in [3.63, 3.8) is 0 Å².